The van der Waals surface area contributed by atoms with Gasteiger partial charge in [0.15, 0.2) is 0 Å². The molecule has 0 spiro atoms. The van der Waals surface area contributed by atoms with E-state index in [1.807, 2.05) is 48.7 Å². The molecule has 3 rings (SSSR count). The third-order valence-electron chi connectivity index (χ3n) is 3.98. The highest BCUT2D eigenvalue weighted by Gasteiger charge is 2.26. The number of hydrogen-bond donors (Lipinski definition) is 0. The molecule has 0 bridgehead atoms. The standard InChI is InChI=1S/C17H19ClN2OS2/c1-11-16(23-12(2)19-11)17(21)20-8-7-15(22-10-9-20)13-5-3-4-6-14(13)18/h3-6,15H,7-10H2,1-2H3. The van der Waals surface area contributed by atoms with Gasteiger partial charge in [-0.3, -0.25) is 4.79 Å². The van der Waals surface area contributed by atoms with Crippen molar-refractivity contribution >= 4 is 40.6 Å². The summed E-state index contributed by atoms with van der Waals surface area (Å²) in [6.07, 6.45) is 0.928. The first-order valence-electron chi connectivity index (χ1n) is 7.65. The normalized spacial score (nSPS) is 18.7. The van der Waals surface area contributed by atoms with Crippen LogP contribution in [-0.4, -0.2) is 34.6 Å². The zero-order valence-electron chi connectivity index (χ0n) is 13.2. The van der Waals surface area contributed by atoms with Crippen molar-refractivity contribution in [2.75, 3.05) is 18.8 Å². The molecule has 1 aromatic carbocycles. The van der Waals surface area contributed by atoms with Crippen LogP contribution in [0.2, 0.25) is 5.02 Å². The van der Waals surface area contributed by atoms with Gasteiger partial charge in [0.1, 0.15) is 4.88 Å². The Bertz CT molecular complexity index is 716. The number of amides is 1. The molecule has 3 nitrogen and oxygen atoms in total. The highest BCUT2D eigenvalue weighted by molar-refractivity contribution is 7.99. The Labute approximate surface area is 150 Å². The van der Waals surface area contributed by atoms with Crippen LogP contribution in [0, 0.1) is 13.8 Å². The van der Waals surface area contributed by atoms with Crippen LogP contribution < -0.4 is 0 Å². The fourth-order valence-corrected chi connectivity index (χ4v) is 5.32. The zero-order chi connectivity index (χ0) is 16.4. The molecule has 0 N–H and O–H groups in total. The van der Waals surface area contributed by atoms with Crippen LogP contribution in [0.5, 0.6) is 0 Å². The van der Waals surface area contributed by atoms with Crippen LogP contribution in [0.4, 0.5) is 0 Å². The van der Waals surface area contributed by atoms with Gasteiger partial charge in [-0.1, -0.05) is 29.8 Å². The summed E-state index contributed by atoms with van der Waals surface area (Å²) < 4.78 is 0. The van der Waals surface area contributed by atoms with E-state index in [0.717, 1.165) is 45.9 Å². The molecule has 23 heavy (non-hydrogen) atoms. The number of halogens is 1. The minimum absolute atomic E-state index is 0.119. The van der Waals surface area contributed by atoms with E-state index in [0.29, 0.717) is 5.25 Å². The molecule has 1 atom stereocenters. The van der Waals surface area contributed by atoms with E-state index in [1.165, 1.54) is 16.9 Å². The van der Waals surface area contributed by atoms with Crippen molar-refractivity contribution in [2.45, 2.75) is 25.5 Å². The average Bonchev–Trinajstić information content (AvgIpc) is 2.74. The SMILES string of the molecule is Cc1nc(C)c(C(=O)N2CCSC(c3ccccc3Cl)CC2)s1. The number of aromatic nitrogens is 1. The summed E-state index contributed by atoms with van der Waals surface area (Å²) >= 11 is 9.71. The third kappa shape index (κ3) is 3.73. The highest BCUT2D eigenvalue weighted by Crippen LogP contribution is 2.38. The van der Waals surface area contributed by atoms with Crippen molar-refractivity contribution in [3.63, 3.8) is 0 Å². The number of carbonyl (C=O) groups excluding carboxylic acids is 1. The maximum Gasteiger partial charge on any atom is 0.265 e. The van der Waals surface area contributed by atoms with Crippen molar-refractivity contribution < 1.29 is 4.79 Å². The molecule has 1 unspecified atom stereocenters. The smallest absolute Gasteiger partial charge is 0.265 e. The van der Waals surface area contributed by atoms with E-state index in [9.17, 15) is 4.79 Å². The first kappa shape index (κ1) is 16.8. The molecule has 2 heterocycles. The maximum absolute atomic E-state index is 12.8. The minimum atomic E-state index is 0.119. The predicted octanol–water partition coefficient (Wildman–Crippen LogP) is 4.73. The second-order valence-corrected chi connectivity index (χ2v) is 8.53. The number of aryl methyl sites for hydroxylation is 2. The molecule has 0 radical (unpaired) electrons. The van der Waals surface area contributed by atoms with Crippen molar-refractivity contribution in [3.05, 3.63) is 50.4 Å². The molecule has 0 saturated carbocycles. The molecule has 0 aliphatic carbocycles. The lowest BCUT2D eigenvalue weighted by atomic mass is 10.1. The summed E-state index contributed by atoms with van der Waals surface area (Å²) in [6.45, 7) is 5.40. The number of carbonyl (C=O) groups is 1. The molecule has 1 aromatic heterocycles. The van der Waals surface area contributed by atoms with Crippen LogP contribution in [-0.2, 0) is 0 Å². The Balaban J connectivity index is 1.73. The summed E-state index contributed by atoms with van der Waals surface area (Å²) in [6, 6.07) is 8.01. The van der Waals surface area contributed by atoms with E-state index >= 15 is 0 Å². The molecule has 6 heteroatoms. The quantitative estimate of drug-likeness (QED) is 0.770. The number of hydrogen-bond acceptors (Lipinski definition) is 4. The van der Waals surface area contributed by atoms with Gasteiger partial charge in [0.25, 0.3) is 5.91 Å². The van der Waals surface area contributed by atoms with E-state index in [4.69, 9.17) is 11.6 Å². The molecule has 2 aromatic rings. The average molecular weight is 367 g/mol. The van der Waals surface area contributed by atoms with Gasteiger partial charge in [0.2, 0.25) is 0 Å². The van der Waals surface area contributed by atoms with E-state index < -0.39 is 0 Å². The van der Waals surface area contributed by atoms with Gasteiger partial charge in [-0.25, -0.2) is 4.98 Å². The summed E-state index contributed by atoms with van der Waals surface area (Å²) in [7, 11) is 0. The number of rotatable bonds is 2. The van der Waals surface area contributed by atoms with Gasteiger partial charge in [-0.2, -0.15) is 11.8 Å². The Kier molecular flexibility index (Phi) is 5.29. The second-order valence-electron chi connectivity index (χ2n) is 5.61. The van der Waals surface area contributed by atoms with Gasteiger partial charge in [0.05, 0.1) is 10.7 Å². The topological polar surface area (TPSA) is 33.2 Å². The molecule has 1 saturated heterocycles. The molecule has 1 fully saturated rings. The van der Waals surface area contributed by atoms with Gasteiger partial charge < -0.3 is 4.90 Å². The van der Waals surface area contributed by atoms with Gasteiger partial charge in [0, 0.05) is 29.1 Å². The van der Waals surface area contributed by atoms with Crippen LogP contribution in [0.25, 0.3) is 0 Å². The second kappa shape index (κ2) is 7.24. The van der Waals surface area contributed by atoms with E-state index in [-0.39, 0.29) is 5.91 Å². The van der Waals surface area contributed by atoms with Crippen LogP contribution >= 0.6 is 34.7 Å². The monoisotopic (exact) mass is 366 g/mol. The van der Waals surface area contributed by atoms with Crippen molar-refractivity contribution in [3.8, 4) is 0 Å². The maximum atomic E-state index is 12.8. The van der Waals surface area contributed by atoms with E-state index in [2.05, 4.69) is 11.1 Å². The molecule has 122 valence electrons. The highest BCUT2D eigenvalue weighted by atomic mass is 35.5. The number of benzene rings is 1. The van der Waals surface area contributed by atoms with E-state index in [1.54, 1.807) is 0 Å². The first-order valence-corrected chi connectivity index (χ1v) is 9.90. The lowest BCUT2D eigenvalue weighted by Crippen LogP contribution is -2.32. The zero-order valence-corrected chi connectivity index (χ0v) is 15.6. The van der Waals surface area contributed by atoms with Gasteiger partial charge in [-0.15, -0.1) is 11.3 Å². The lowest BCUT2D eigenvalue weighted by Gasteiger charge is -2.20. The minimum Gasteiger partial charge on any atom is -0.337 e. The Morgan fingerprint density at radius 2 is 2.09 bits per heavy atom. The number of thioether (sulfide) groups is 1. The van der Waals surface area contributed by atoms with Crippen molar-refractivity contribution in [1.29, 1.82) is 0 Å². The Morgan fingerprint density at radius 1 is 1.30 bits per heavy atom. The summed E-state index contributed by atoms with van der Waals surface area (Å²) in [5.41, 5.74) is 2.02. The number of nitrogens with zero attached hydrogens (tertiary/aromatic N) is 2. The van der Waals surface area contributed by atoms with Gasteiger partial charge >= 0.3 is 0 Å². The van der Waals surface area contributed by atoms with Crippen LogP contribution in [0.15, 0.2) is 24.3 Å². The summed E-state index contributed by atoms with van der Waals surface area (Å²) in [5.74, 6) is 1.05. The van der Waals surface area contributed by atoms with Crippen molar-refractivity contribution in [1.82, 2.24) is 9.88 Å². The summed E-state index contributed by atoms with van der Waals surface area (Å²) in [4.78, 5) is 19.9. The van der Waals surface area contributed by atoms with Crippen molar-refractivity contribution in [2.24, 2.45) is 0 Å². The third-order valence-corrected chi connectivity index (χ3v) is 6.69. The lowest BCUT2D eigenvalue weighted by molar-refractivity contribution is 0.0770. The molecular weight excluding hydrogens is 348 g/mol. The fourth-order valence-electron chi connectivity index (χ4n) is 2.83. The summed E-state index contributed by atoms with van der Waals surface area (Å²) in [5, 5.41) is 2.12. The fraction of sp³-hybridized carbons (Fsp3) is 0.412. The van der Waals surface area contributed by atoms with Crippen LogP contribution in [0.3, 0.4) is 0 Å². The predicted molar refractivity (Wildman–Crippen MR) is 98.8 cm³/mol. The Hall–Kier alpha value is -1.04. The van der Waals surface area contributed by atoms with Crippen LogP contribution in [0.1, 0.15) is 37.6 Å². The number of thiazole rings is 1. The first-order chi connectivity index (χ1) is 11.1. The molecule has 1 aliphatic heterocycles. The molecule has 1 aliphatic rings. The molecule has 1 amide bonds. The largest absolute Gasteiger partial charge is 0.337 e. The Morgan fingerprint density at radius 3 is 2.78 bits per heavy atom. The van der Waals surface area contributed by atoms with Gasteiger partial charge in [-0.05, 0) is 31.9 Å². The molecular formula is C17H19ClN2OS2.